The van der Waals surface area contributed by atoms with Crippen molar-refractivity contribution in [2.75, 3.05) is 0 Å². The molecule has 2 rings (SSSR count). The maximum atomic E-state index is 11.5. The molecule has 0 spiro atoms. The lowest BCUT2D eigenvalue weighted by atomic mass is 9.98. The number of esters is 2. The van der Waals surface area contributed by atoms with Crippen LogP contribution in [0.3, 0.4) is 0 Å². The summed E-state index contributed by atoms with van der Waals surface area (Å²) in [4.78, 5) is 22.9. The van der Waals surface area contributed by atoms with Gasteiger partial charge in [0.25, 0.3) is 0 Å². The van der Waals surface area contributed by atoms with Crippen molar-refractivity contribution >= 4 is 11.9 Å². The minimum absolute atomic E-state index is 0.178. The molecule has 1 fully saturated rings. The second-order valence-electron chi connectivity index (χ2n) is 5.64. The van der Waals surface area contributed by atoms with Crippen LogP contribution in [0, 0.1) is 0 Å². The van der Waals surface area contributed by atoms with Crippen LogP contribution in [-0.4, -0.2) is 47.8 Å². The van der Waals surface area contributed by atoms with Gasteiger partial charge in [-0.1, -0.05) is 36.4 Å². The minimum atomic E-state index is -1.43. The van der Waals surface area contributed by atoms with Crippen molar-refractivity contribution in [3.8, 4) is 0 Å². The Hall–Kier alpha value is -2.22. The number of carbonyl (C=O) groups excluding carboxylic acids is 2. The van der Waals surface area contributed by atoms with Crippen molar-refractivity contribution in [3.05, 3.63) is 48.6 Å². The first-order valence-corrected chi connectivity index (χ1v) is 7.88. The van der Waals surface area contributed by atoms with E-state index in [1.165, 1.54) is 19.9 Å². The molecule has 1 aliphatic heterocycles. The number of aliphatic hydroxyl groups excluding tert-OH is 1. The van der Waals surface area contributed by atoms with E-state index in [1.54, 1.807) is 0 Å². The van der Waals surface area contributed by atoms with E-state index in [2.05, 4.69) is 6.58 Å². The van der Waals surface area contributed by atoms with Crippen molar-refractivity contribution in [2.24, 2.45) is 0 Å². The Morgan fingerprint density at radius 2 is 1.72 bits per heavy atom. The van der Waals surface area contributed by atoms with Gasteiger partial charge in [0.2, 0.25) is 0 Å². The maximum Gasteiger partial charge on any atom is 0.303 e. The predicted octanol–water partition coefficient (Wildman–Crippen LogP) is 1.34. The molecule has 0 radical (unpaired) electrons. The Balaban J connectivity index is 2.25. The summed E-state index contributed by atoms with van der Waals surface area (Å²) in [7, 11) is 0. The fourth-order valence-electron chi connectivity index (χ4n) is 2.64. The van der Waals surface area contributed by atoms with Crippen molar-refractivity contribution in [2.45, 2.75) is 51.2 Å². The third kappa shape index (κ3) is 5.12. The summed E-state index contributed by atoms with van der Waals surface area (Å²) < 4.78 is 21.6. The van der Waals surface area contributed by atoms with Gasteiger partial charge in [0.15, 0.2) is 18.5 Å². The van der Waals surface area contributed by atoms with Gasteiger partial charge in [-0.15, -0.1) is 6.58 Å². The minimum Gasteiger partial charge on any atom is -0.456 e. The topological polar surface area (TPSA) is 91.3 Å². The summed E-state index contributed by atoms with van der Waals surface area (Å²) in [5.41, 5.74) is 0.877. The number of benzene rings is 1. The van der Waals surface area contributed by atoms with Crippen LogP contribution < -0.4 is 0 Å². The molecule has 7 heteroatoms. The second kappa shape index (κ2) is 8.75. The SMILES string of the molecule is C=C[C@@H]1O[C@H](O)[C@H](OC(C)=O)[C@@H](OCc2ccccc2)[C@@H]1OC(C)=O. The van der Waals surface area contributed by atoms with Gasteiger partial charge in [-0.2, -0.15) is 0 Å². The highest BCUT2D eigenvalue weighted by atomic mass is 16.7. The Labute approximate surface area is 146 Å². The summed E-state index contributed by atoms with van der Waals surface area (Å²) in [5.74, 6) is -1.16. The summed E-state index contributed by atoms with van der Waals surface area (Å²) in [5, 5.41) is 10.2. The molecule has 0 bridgehead atoms. The van der Waals surface area contributed by atoms with Crippen molar-refractivity contribution in [1.82, 2.24) is 0 Å². The second-order valence-corrected chi connectivity index (χ2v) is 5.64. The van der Waals surface area contributed by atoms with Crippen LogP contribution in [0.4, 0.5) is 0 Å². The van der Waals surface area contributed by atoms with Crippen LogP contribution in [0.1, 0.15) is 19.4 Å². The highest BCUT2D eigenvalue weighted by molar-refractivity contribution is 5.67. The van der Waals surface area contributed by atoms with E-state index in [9.17, 15) is 14.7 Å². The fourth-order valence-corrected chi connectivity index (χ4v) is 2.64. The number of carbonyl (C=O) groups is 2. The number of ether oxygens (including phenoxy) is 4. The molecule has 1 aliphatic rings. The van der Waals surface area contributed by atoms with Crippen LogP contribution in [0.15, 0.2) is 43.0 Å². The smallest absolute Gasteiger partial charge is 0.303 e. The molecule has 0 unspecified atom stereocenters. The van der Waals surface area contributed by atoms with Crippen molar-refractivity contribution in [1.29, 1.82) is 0 Å². The van der Waals surface area contributed by atoms with Crippen molar-refractivity contribution in [3.63, 3.8) is 0 Å². The third-order valence-electron chi connectivity index (χ3n) is 3.67. The fraction of sp³-hybridized carbons (Fsp3) is 0.444. The van der Waals surface area contributed by atoms with Gasteiger partial charge in [-0.3, -0.25) is 9.59 Å². The van der Waals surface area contributed by atoms with Crippen LogP contribution in [0.2, 0.25) is 0 Å². The lowest BCUT2D eigenvalue weighted by Crippen LogP contribution is -2.60. The summed E-state index contributed by atoms with van der Waals surface area (Å²) in [6.07, 6.45) is -3.79. The van der Waals surface area contributed by atoms with E-state index >= 15 is 0 Å². The zero-order chi connectivity index (χ0) is 18.4. The number of hydrogen-bond donors (Lipinski definition) is 1. The zero-order valence-electron chi connectivity index (χ0n) is 14.2. The molecule has 0 aliphatic carbocycles. The lowest BCUT2D eigenvalue weighted by molar-refractivity contribution is -0.288. The molecule has 1 N–H and O–H groups in total. The average Bonchev–Trinajstić information content (AvgIpc) is 2.57. The molecule has 136 valence electrons. The molecule has 25 heavy (non-hydrogen) atoms. The number of aliphatic hydroxyl groups is 1. The summed E-state index contributed by atoms with van der Waals surface area (Å²) >= 11 is 0. The molecule has 0 amide bonds. The Kier molecular flexibility index (Phi) is 6.69. The Bertz CT molecular complexity index is 601. The van der Waals surface area contributed by atoms with Crippen LogP contribution in [0.25, 0.3) is 0 Å². The van der Waals surface area contributed by atoms with Gasteiger partial charge in [0.05, 0.1) is 6.61 Å². The van der Waals surface area contributed by atoms with E-state index in [-0.39, 0.29) is 6.61 Å². The van der Waals surface area contributed by atoms with E-state index in [1.807, 2.05) is 30.3 Å². The highest BCUT2D eigenvalue weighted by Gasteiger charge is 2.49. The highest BCUT2D eigenvalue weighted by Crippen LogP contribution is 2.28. The standard InChI is InChI=1S/C18H22O7/c1-4-14-15(23-11(2)19)16(17(18(21)25-14)24-12(3)20)22-10-13-8-6-5-7-9-13/h4-9,14-18,21H,1,10H2,2-3H3/t14-,15+,16-,17+,18-/m0/s1. The molecule has 5 atom stereocenters. The number of rotatable bonds is 6. The first kappa shape index (κ1) is 19.1. The first-order valence-electron chi connectivity index (χ1n) is 7.88. The molecule has 0 saturated carbocycles. The molecule has 7 nitrogen and oxygen atoms in total. The predicted molar refractivity (Wildman–Crippen MR) is 87.2 cm³/mol. The third-order valence-corrected chi connectivity index (χ3v) is 3.67. The number of hydrogen-bond acceptors (Lipinski definition) is 7. The average molecular weight is 350 g/mol. The molecule has 1 saturated heterocycles. The Morgan fingerprint density at radius 1 is 1.12 bits per heavy atom. The van der Waals surface area contributed by atoms with Gasteiger partial charge in [0, 0.05) is 13.8 Å². The monoisotopic (exact) mass is 350 g/mol. The van der Waals surface area contributed by atoms with Gasteiger partial charge in [-0.25, -0.2) is 0 Å². The van der Waals surface area contributed by atoms with Gasteiger partial charge >= 0.3 is 11.9 Å². The first-order chi connectivity index (χ1) is 11.9. The molecule has 0 aromatic heterocycles. The molecular formula is C18H22O7. The lowest BCUT2D eigenvalue weighted by Gasteiger charge is -2.42. The molecule has 1 heterocycles. The quantitative estimate of drug-likeness (QED) is 0.611. The van der Waals surface area contributed by atoms with Crippen LogP contribution >= 0.6 is 0 Å². The van der Waals surface area contributed by atoms with E-state index in [0.29, 0.717) is 0 Å². The van der Waals surface area contributed by atoms with Gasteiger partial charge < -0.3 is 24.1 Å². The van der Waals surface area contributed by atoms with E-state index in [0.717, 1.165) is 5.56 Å². The van der Waals surface area contributed by atoms with Gasteiger partial charge in [0.1, 0.15) is 12.2 Å². The normalized spacial score (nSPS) is 28.8. The van der Waals surface area contributed by atoms with E-state index < -0.39 is 42.6 Å². The van der Waals surface area contributed by atoms with Gasteiger partial charge in [-0.05, 0) is 5.56 Å². The van der Waals surface area contributed by atoms with E-state index in [4.69, 9.17) is 18.9 Å². The van der Waals surface area contributed by atoms with Crippen molar-refractivity contribution < 1.29 is 33.6 Å². The summed E-state index contributed by atoms with van der Waals surface area (Å²) in [6, 6.07) is 9.32. The Morgan fingerprint density at radius 3 is 2.28 bits per heavy atom. The molecule has 1 aromatic carbocycles. The summed E-state index contributed by atoms with van der Waals surface area (Å²) in [6.45, 7) is 6.26. The molecule has 1 aromatic rings. The molecular weight excluding hydrogens is 328 g/mol. The van der Waals surface area contributed by atoms with Crippen LogP contribution in [0.5, 0.6) is 0 Å². The zero-order valence-corrected chi connectivity index (χ0v) is 14.2. The maximum absolute atomic E-state index is 11.5. The largest absolute Gasteiger partial charge is 0.456 e. The van der Waals surface area contributed by atoms with Crippen LogP contribution in [-0.2, 0) is 35.1 Å².